The molecule has 15 heavy (non-hydrogen) atoms. The van der Waals surface area contributed by atoms with Crippen LogP contribution in [0.3, 0.4) is 0 Å². The van der Waals surface area contributed by atoms with Crippen LogP contribution in [0.15, 0.2) is 22.7 Å². The molecule has 0 unspecified atom stereocenters. The molecule has 0 spiro atoms. The smallest absolute Gasteiger partial charge is 0.257 e. The van der Waals surface area contributed by atoms with E-state index in [1.807, 2.05) is 18.2 Å². The summed E-state index contributed by atoms with van der Waals surface area (Å²) in [6.07, 6.45) is 0. The molecule has 0 aliphatic carbocycles. The van der Waals surface area contributed by atoms with Crippen molar-refractivity contribution >= 4 is 38.6 Å². The van der Waals surface area contributed by atoms with Crippen LogP contribution in [-0.2, 0) is 0 Å². The zero-order chi connectivity index (χ0) is 10.4. The molecule has 1 amide bonds. The van der Waals surface area contributed by atoms with Crippen LogP contribution in [0.5, 0.6) is 0 Å². The van der Waals surface area contributed by atoms with Gasteiger partial charge in [-0.05, 0) is 12.1 Å². The van der Waals surface area contributed by atoms with E-state index in [4.69, 9.17) is 0 Å². The fraction of sp³-hybridized carbons (Fsp3) is 0.100. The first kappa shape index (κ1) is 8.79. The third-order valence-corrected chi connectivity index (χ3v) is 3.00. The number of hydrogen-bond acceptors (Lipinski definition) is 2. The lowest BCUT2D eigenvalue weighted by atomic mass is 10.1. The second-order valence-electron chi connectivity index (χ2n) is 3.42. The molecule has 0 saturated heterocycles. The van der Waals surface area contributed by atoms with Crippen LogP contribution in [0, 0.1) is 0 Å². The standard InChI is InChI=1S/C10H8BrN3O/c11-5-1-2-6-7(3-5)14-9-8(6)10(15)13-4-12-9/h1-3,12,14H,4H2,(H,13,15). The van der Waals surface area contributed by atoms with Gasteiger partial charge in [0.15, 0.2) is 0 Å². The molecule has 2 aromatic rings. The van der Waals surface area contributed by atoms with Crippen molar-refractivity contribution in [1.29, 1.82) is 0 Å². The first-order valence-electron chi connectivity index (χ1n) is 4.59. The Morgan fingerprint density at radius 1 is 1.27 bits per heavy atom. The molecule has 1 aliphatic heterocycles. The number of nitrogens with one attached hydrogen (secondary N) is 3. The molecule has 1 aromatic carbocycles. The zero-order valence-corrected chi connectivity index (χ0v) is 9.31. The molecule has 1 aromatic heterocycles. The minimum atomic E-state index is -0.0303. The summed E-state index contributed by atoms with van der Waals surface area (Å²) in [5.74, 6) is 0.768. The lowest BCUT2D eigenvalue weighted by Crippen LogP contribution is -2.34. The van der Waals surface area contributed by atoms with E-state index in [0.717, 1.165) is 21.2 Å². The number of aromatic nitrogens is 1. The van der Waals surface area contributed by atoms with Gasteiger partial charge < -0.3 is 15.6 Å². The highest BCUT2D eigenvalue weighted by Crippen LogP contribution is 2.29. The number of H-pyrrole nitrogens is 1. The SMILES string of the molecule is O=C1NCNc2[nH]c3cc(Br)ccc3c21. The van der Waals surface area contributed by atoms with E-state index < -0.39 is 0 Å². The van der Waals surface area contributed by atoms with Gasteiger partial charge in [-0.25, -0.2) is 0 Å². The fourth-order valence-electron chi connectivity index (χ4n) is 1.84. The Morgan fingerprint density at radius 2 is 2.13 bits per heavy atom. The van der Waals surface area contributed by atoms with Gasteiger partial charge in [0, 0.05) is 15.4 Å². The Hall–Kier alpha value is -1.49. The quantitative estimate of drug-likeness (QED) is 0.683. The lowest BCUT2D eigenvalue weighted by molar-refractivity contribution is 0.0954. The van der Waals surface area contributed by atoms with Crippen molar-refractivity contribution in [3.63, 3.8) is 0 Å². The van der Waals surface area contributed by atoms with Gasteiger partial charge in [0.2, 0.25) is 0 Å². The van der Waals surface area contributed by atoms with Crippen LogP contribution in [0.1, 0.15) is 10.4 Å². The summed E-state index contributed by atoms with van der Waals surface area (Å²) in [7, 11) is 0. The molecule has 5 heteroatoms. The number of halogens is 1. The van der Waals surface area contributed by atoms with E-state index in [-0.39, 0.29) is 5.91 Å². The van der Waals surface area contributed by atoms with E-state index in [2.05, 4.69) is 31.5 Å². The number of carbonyl (C=O) groups is 1. The highest BCUT2D eigenvalue weighted by molar-refractivity contribution is 9.10. The molecule has 4 nitrogen and oxygen atoms in total. The van der Waals surface area contributed by atoms with Crippen molar-refractivity contribution in [3.05, 3.63) is 28.2 Å². The zero-order valence-electron chi connectivity index (χ0n) is 7.73. The maximum atomic E-state index is 11.7. The molecule has 0 radical (unpaired) electrons. The summed E-state index contributed by atoms with van der Waals surface area (Å²) < 4.78 is 0.994. The maximum absolute atomic E-state index is 11.7. The van der Waals surface area contributed by atoms with Crippen LogP contribution in [0.25, 0.3) is 10.9 Å². The van der Waals surface area contributed by atoms with Crippen molar-refractivity contribution in [1.82, 2.24) is 10.3 Å². The van der Waals surface area contributed by atoms with Gasteiger partial charge in [0.05, 0.1) is 12.2 Å². The molecular weight excluding hydrogens is 258 g/mol. The van der Waals surface area contributed by atoms with Gasteiger partial charge in [-0.15, -0.1) is 0 Å². The van der Waals surface area contributed by atoms with E-state index >= 15 is 0 Å². The molecule has 0 saturated carbocycles. The van der Waals surface area contributed by atoms with E-state index in [0.29, 0.717) is 12.2 Å². The van der Waals surface area contributed by atoms with Crippen LogP contribution in [-0.4, -0.2) is 17.6 Å². The van der Waals surface area contributed by atoms with Gasteiger partial charge in [0.1, 0.15) is 5.82 Å². The fourth-order valence-corrected chi connectivity index (χ4v) is 2.20. The first-order valence-corrected chi connectivity index (χ1v) is 5.38. The van der Waals surface area contributed by atoms with Crippen molar-refractivity contribution in [2.75, 3.05) is 12.0 Å². The normalized spacial score (nSPS) is 14.6. The second kappa shape index (κ2) is 3.00. The maximum Gasteiger partial charge on any atom is 0.257 e. The van der Waals surface area contributed by atoms with Gasteiger partial charge >= 0.3 is 0 Å². The van der Waals surface area contributed by atoms with Crippen molar-refractivity contribution < 1.29 is 4.79 Å². The van der Waals surface area contributed by atoms with E-state index in [9.17, 15) is 4.79 Å². The van der Waals surface area contributed by atoms with Gasteiger partial charge in [-0.3, -0.25) is 4.79 Å². The molecule has 0 atom stereocenters. The van der Waals surface area contributed by atoms with Crippen LogP contribution in [0.2, 0.25) is 0 Å². The molecule has 1 aliphatic rings. The number of benzene rings is 1. The summed E-state index contributed by atoms with van der Waals surface area (Å²) >= 11 is 3.40. The van der Waals surface area contributed by atoms with E-state index in [1.54, 1.807) is 0 Å². The predicted molar refractivity (Wildman–Crippen MR) is 62.0 cm³/mol. The Morgan fingerprint density at radius 3 is 3.00 bits per heavy atom. The third kappa shape index (κ3) is 1.23. The van der Waals surface area contributed by atoms with Gasteiger partial charge in [-0.1, -0.05) is 22.0 Å². The Bertz CT molecular complexity index is 561. The minimum Gasteiger partial charge on any atom is -0.354 e. The molecule has 3 N–H and O–H groups in total. The van der Waals surface area contributed by atoms with Gasteiger partial charge in [0.25, 0.3) is 5.91 Å². The molecule has 3 rings (SSSR count). The Labute approximate surface area is 94.2 Å². The summed E-state index contributed by atoms with van der Waals surface area (Å²) in [5.41, 5.74) is 1.66. The summed E-state index contributed by atoms with van der Waals surface area (Å²) in [5, 5.41) is 6.79. The summed E-state index contributed by atoms with van der Waals surface area (Å²) in [6, 6.07) is 5.82. The third-order valence-electron chi connectivity index (χ3n) is 2.50. The van der Waals surface area contributed by atoms with Crippen LogP contribution < -0.4 is 10.6 Å². The van der Waals surface area contributed by atoms with Crippen LogP contribution >= 0.6 is 15.9 Å². The Kier molecular flexibility index (Phi) is 1.76. The molecular formula is C10H8BrN3O. The summed E-state index contributed by atoms with van der Waals surface area (Å²) in [6.45, 7) is 0.472. The van der Waals surface area contributed by atoms with Crippen molar-refractivity contribution in [3.8, 4) is 0 Å². The van der Waals surface area contributed by atoms with E-state index in [1.165, 1.54) is 0 Å². The summed E-state index contributed by atoms with van der Waals surface area (Å²) in [4.78, 5) is 14.8. The molecule has 0 fully saturated rings. The van der Waals surface area contributed by atoms with Crippen molar-refractivity contribution in [2.24, 2.45) is 0 Å². The Balaban J connectivity index is 2.36. The number of aromatic amines is 1. The average molecular weight is 266 g/mol. The average Bonchev–Trinajstić information content (AvgIpc) is 2.56. The minimum absolute atomic E-state index is 0.0303. The molecule has 2 heterocycles. The predicted octanol–water partition coefficient (Wildman–Crippen LogP) is 2.04. The highest BCUT2D eigenvalue weighted by Gasteiger charge is 2.21. The highest BCUT2D eigenvalue weighted by atomic mass is 79.9. The largest absolute Gasteiger partial charge is 0.354 e. The number of rotatable bonds is 0. The number of anilines is 1. The second-order valence-corrected chi connectivity index (χ2v) is 4.34. The first-order chi connectivity index (χ1) is 7.25. The number of fused-ring (bicyclic) bond motifs is 3. The molecule has 76 valence electrons. The van der Waals surface area contributed by atoms with Gasteiger partial charge in [-0.2, -0.15) is 0 Å². The van der Waals surface area contributed by atoms with Crippen LogP contribution in [0.4, 0.5) is 5.82 Å². The number of carbonyl (C=O) groups excluding carboxylic acids is 1. The molecule has 0 bridgehead atoms. The topological polar surface area (TPSA) is 56.9 Å². The lowest BCUT2D eigenvalue weighted by Gasteiger charge is -2.14. The number of amides is 1. The van der Waals surface area contributed by atoms with Crippen molar-refractivity contribution in [2.45, 2.75) is 0 Å². The number of hydrogen-bond donors (Lipinski definition) is 3. The monoisotopic (exact) mass is 265 g/mol.